The molecule has 90 valence electrons. The summed E-state index contributed by atoms with van der Waals surface area (Å²) in [5, 5.41) is 0. The Bertz CT molecular complexity index is 173. The summed E-state index contributed by atoms with van der Waals surface area (Å²) in [4.78, 5) is 0. The molecule has 0 saturated heterocycles. The van der Waals surface area contributed by atoms with Crippen molar-refractivity contribution in [2.45, 2.75) is 61.8 Å². The van der Waals surface area contributed by atoms with E-state index in [9.17, 15) is 0 Å². The van der Waals surface area contributed by atoms with Crippen molar-refractivity contribution in [2.24, 2.45) is 0 Å². The maximum atomic E-state index is 2.21. The van der Waals surface area contributed by atoms with Gasteiger partial charge >= 0.3 is 0 Å². The Labute approximate surface area is 97.7 Å². The van der Waals surface area contributed by atoms with Gasteiger partial charge in [0.05, 0.1) is 0 Å². The lowest BCUT2D eigenvalue weighted by Crippen LogP contribution is -1.81. The van der Waals surface area contributed by atoms with Crippen LogP contribution >= 0.6 is 0 Å². The number of benzene rings is 1. The SMILES string of the molecule is C.C.CCC.CCc1ccc(CC)cc1. The van der Waals surface area contributed by atoms with Gasteiger partial charge in [0.25, 0.3) is 0 Å². The first-order chi connectivity index (χ1) is 6.28. The van der Waals surface area contributed by atoms with E-state index in [-0.39, 0.29) is 14.9 Å². The van der Waals surface area contributed by atoms with Gasteiger partial charge in [-0.2, -0.15) is 0 Å². The molecule has 0 amide bonds. The lowest BCUT2D eigenvalue weighted by molar-refractivity contribution is 1.09. The number of rotatable bonds is 2. The summed E-state index contributed by atoms with van der Waals surface area (Å²) in [5.74, 6) is 0. The van der Waals surface area contributed by atoms with Gasteiger partial charge < -0.3 is 0 Å². The van der Waals surface area contributed by atoms with Gasteiger partial charge in [0, 0.05) is 0 Å². The monoisotopic (exact) mass is 210 g/mol. The molecule has 0 bridgehead atoms. The summed E-state index contributed by atoms with van der Waals surface area (Å²) >= 11 is 0. The van der Waals surface area contributed by atoms with Gasteiger partial charge in [0.15, 0.2) is 0 Å². The maximum Gasteiger partial charge on any atom is -0.0307 e. The van der Waals surface area contributed by atoms with Crippen LogP contribution in [0, 0.1) is 0 Å². The second kappa shape index (κ2) is 13.2. The van der Waals surface area contributed by atoms with E-state index >= 15 is 0 Å². The van der Waals surface area contributed by atoms with Crippen molar-refractivity contribution in [1.29, 1.82) is 0 Å². The van der Waals surface area contributed by atoms with Crippen LogP contribution in [0.25, 0.3) is 0 Å². The topological polar surface area (TPSA) is 0 Å². The fraction of sp³-hybridized carbons (Fsp3) is 0.600. The summed E-state index contributed by atoms with van der Waals surface area (Å²) in [7, 11) is 0. The molecule has 0 atom stereocenters. The van der Waals surface area contributed by atoms with Crippen LogP contribution in [0.15, 0.2) is 24.3 Å². The van der Waals surface area contributed by atoms with Crippen molar-refractivity contribution in [3.05, 3.63) is 35.4 Å². The van der Waals surface area contributed by atoms with Crippen molar-refractivity contribution in [3.63, 3.8) is 0 Å². The first-order valence-electron chi connectivity index (χ1n) is 5.36. The Morgan fingerprint density at radius 1 is 0.667 bits per heavy atom. The van der Waals surface area contributed by atoms with Crippen LogP contribution in [0.5, 0.6) is 0 Å². The molecule has 1 aromatic rings. The molecule has 1 rings (SSSR count). The molecule has 0 unspecified atom stereocenters. The quantitative estimate of drug-likeness (QED) is 0.604. The van der Waals surface area contributed by atoms with E-state index in [2.05, 4.69) is 52.0 Å². The lowest BCUT2D eigenvalue weighted by atomic mass is 10.1. The third-order valence-electron chi connectivity index (χ3n) is 1.84. The zero-order valence-electron chi connectivity index (χ0n) is 9.43. The molecule has 0 saturated carbocycles. The smallest absolute Gasteiger partial charge is 0.0307 e. The number of hydrogen-bond donors (Lipinski definition) is 0. The highest BCUT2D eigenvalue weighted by molar-refractivity contribution is 5.22. The predicted octanol–water partition coefficient (Wildman–Crippen LogP) is 5.50. The Hall–Kier alpha value is -0.780. The Kier molecular flexibility index (Phi) is 17.4. The Morgan fingerprint density at radius 2 is 0.867 bits per heavy atom. The van der Waals surface area contributed by atoms with Gasteiger partial charge in [-0.25, -0.2) is 0 Å². The molecular formula is C15H30. The highest BCUT2D eigenvalue weighted by atomic mass is 13.9. The lowest BCUT2D eigenvalue weighted by Gasteiger charge is -1.97. The minimum atomic E-state index is 0. The zero-order chi connectivity index (χ0) is 10.1. The fourth-order valence-electron chi connectivity index (χ4n) is 1.01. The molecule has 0 fully saturated rings. The Balaban J connectivity index is -0.000000260. The van der Waals surface area contributed by atoms with E-state index in [1.165, 1.54) is 17.5 Å². The maximum absolute atomic E-state index is 2.21. The summed E-state index contributed by atoms with van der Waals surface area (Å²) in [6, 6.07) is 8.83. The van der Waals surface area contributed by atoms with Crippen LogP contribution in [0.2, 0.25) is 0 Å². The molecule has 0 spiro atoms. The van der Waals surface area contributed by atoms with Gasteiger partial charge in [0.1, 0.15) is 0 Å². The second-order valence-electron chi connectivity index (χ2n) is 3.23. The molecule has 0 aliphatic carbocycles. The molecule has 1 aromatic carbocycles. The minimum Gasteiger partial charge on any atom is -0.0776 e. The molecule has 0 heteroatoms. The van der Waals surface area contributed by atoms with Crippen LogP contribution in [0.4, 0.5) is 0 Å². The molecule has 0 aromatic heterocycles. The molecule has 15 heavy (non-hydrogen) atoms. The standard InChI is InChI=1S/C10H14.C3H8.2CH4/c1-3-9-5-7-10(4-2)8-6-9;1-3-2;;/h5-8H,3-4H2,1-2H3;3H2,1-2H3;2*1H4. The minimum absolute atomic E-state index is 0. The largest absolute Gasteiger partial charge is 0.0776 e. The third kappa shape index (κ3) is 9.52. The molecule has 0 aliphatic heterocycles. The van der Waals surface area contributed by atoms with Crippen molar-refractivity contribution in [2.75, 3.05) is 0 Å². The van der Waals surface area contributed by atoms with Crippen LogP contribution in [0.1, 0.15) is 60.1 Å². The van der Waals surface area contributed by atoms with Crippen molar-refractivity contribution in [3.8, 4) is 0 Å². The molecular weight excluding hydrogens is 180 g/mol. The van der Waals surface area contributed by atoms with E-state index < -0.39 is 0 Å². The van der Waals surface area contributed by atoms with Gasteiger partial charge in [-0.05, 0) is 24.0 Å². The van der Waals surface area contributed by atoms with E-state index in [1.54, 1.807) is 0 Å². The van der Waals surface area contributed by atoms with Crippen molar-refractivity contribution in [1.82, 2.24) is 0 Å². The van der Waals surface area contributed by atoms with Gasteiger partial charge in [-0.1, -0.05) is 73.2 Å². The first kappa shape index (κ1) is 19.7. The summed E-state index contributed by atoms with van der Waals surface area (Å²) in [6.07, 6.45) is 3.54. The second-order valence-corrected chi connectivity index (χ2v) is 3.23. The molecule has 0 nitrogen and oxygen atoms in total. The van der Waals surface area contributed by atoms with Gasteiger partial charge in [0.2, 0.25) is 0 Å². The number of hydrogen-bond acceptors (Lipinski definition) is 0. The average molecular weight is 210 g/mol. The third-order valence-corrected chi connectivity index (χ3v) is 1.84. The average Bonchev–Trinajstić information content (AvgIpc) is 2.19. The summed E-state index contributed by atoms with van der Waals surface area (Å²) in [6.45, 7) is 8.61. The highest BCUT2D eigenvalue weighted by Crippen LogP contribution is 2.04. The summed E-state index contributed by atoms with van der Waals surface area (Å²) in [5.41, 5.74) is 2.86. The van der Waals surface area contributed by atoms with Crippen molar-refractivity contribution < 1.29 is 0 Å². The number of aryl methyl sites for hydroxylation is 2. The van der Waals surface area contributed by atoms with Gasteiger partial charge in [-0.3, -0.25) is 0 Å². The molecule has 0 radical (unpaired) electrons. The van der Waals surface area contributed by atoms with Crippen molar-refractivity contribution >= 4 is 0 Å². The fourth-order valence-corrected chi connectivity index (χ4v) is 1.01. The van der Waals surface area contributed by atoms with E-state index in [0.29, 0.717) is 0 Å². The van der Waals surface area contributed by atoms with Gasteiger partial charge in [-0.15, -0.1) is 0 Å². The predicted molar refractivity (Wildman–Crippen MR) is 74.6 cm³/mol. The first-order valence-corrected chi connectivity index (χ1v) is 5.36. The van der Waals surface area contributed by atoms with Crippen LogP contribution < -0.4 is 0 Å². The van der Waals surface area contributed by atoms with E-state index in [0.717, 1.165) is 12.8 Å². The highest BCUT2D eigenvalue weighted by Gasteiger charge is 1.88. The van der Waals surface area contributed by atoms with E-state index in [4.69, 9.17) is 0 Å². The summed E-state index contributed by atoms with van der Waals surface area (Å²) < 4.78 is 0. The zero-order valence-corrected chi connectivity index (χ0v) is 9.43. The van der Waals surface area contributed by atoms with Crippen LogP contribution in [-0.2, 0) is 12.8 Å². The molecule has 0 aliphatic rings. The Morgan fingerprint density at radius 3 is 1.00 bits per heavy atom. The molecule has 0 N–H and O–H groups in total. The van der Waals surface area contributed by atoms with Crippen LogP contribution in [-0.4, -0.2) is 0 Å². The molecule has 0 heterocycles. The normalized spacial score (nSPS) is 7.73. The van der Waals surface area contributed by atoms with E-state index in [1.807, 2.05) is 0 Å². The van der Waals surface area contributed by atoms with Crippen LogP contribution in [0.3, 0.4) is 0 Å².